The SMILES string of the molecule is CC(c1ccccc1)N(C)C(=O)CS(=O)(=O)Cc1ccc(C(F)(F)F)cc1. The summed E-state index contributed by atoms with van der Waals surface area (Å²) in [5.41, 5.74) is 0.221. The Kier molecular flexibility index (Phi) is 6.30. The zero-order valence-electron chi connectivity index (χ0n) is 14.9. The number of amides is 1. The summed E-state index contributed by atoms with van der Waals surface area (Å²) in [6.45, 7) is 1.79. The second kappa shape index (κ2) is 8.12. The maximum atomic E-state index is 12.6. The van der Waals surface area contributed by atoms with E-state index in [0.717, 1.165) is 29.8 Å². The van der Waals surface area contributed by atoms with E-state index in [2.05, 4.69) is 0 Å². The van der Waals surface area contributed by atoms with Crippen LogP contribution in [0.1, 0.15) is 29.7 Å². The van der Waals surface area contributed by atoms with Crippen molar-refractivity contribution in [3.05, 3.63) is 71.3 Å². The second-order valence-electron chi connectivity index (χ2n) is 6.32. The quantitative estimate of drug-likeness (QED) is 0.742. The molecule has 0 spiro atoms. The van der Waals surface area contributed by atoms with Crippen LogP contribution in [0, 0.1) is 0 Å². The molecule has 0 aromatic heterocycles. The first-order valence-corrected chi connectivity index (χ1v) is 9.99. The average Bonchev–Trinajstić information content (AvgIpc) is 2.60. The molecular formula is C19H20F3NO3S. The maximum Gasteiger partial charge on any atom is 0.416 e. The van der Waals surface area contributed by atoms with E-state index in [1.165, 1.54) is 11.9 Å². The number of halogens is 3. The van der Waals surface area contributed by atoms with E-state index in [9.17, 15) is 26.4 Å². The highest BCUT2D eigenvalue weighted by Gasteiger charge is 2.30. The van der Waals surface area contributed by atoms with Gasteiger partial charge in [-0.2, -0.15) is 13.2 Å². The van der Waals surface area contributed by atoms with Crippen molar-refractivity contribution in [3.63, 3.8) is 0 Å². The van der Waals surface area contributed by atoms with Gasteiger partial charge in [0.25, 0.3) is 0 Å². The second-order valence-corrected chi connectivity index (χ2v) is 8.38. The molecule has 2 rings (SSSR count). The number of benzene rings is 2. The number of carbonyl (C=O) groups is 1. The third-order valence-corrected chi connectivity index (χ3v) is 5.73. The molecule has 0 aliphatic carbocycles. The molecule has 0 fully saturated rings. The molecule has 2 aromatic rings. The van der Waals surface area contributed by atoms with Gasteiger partial charge in [-0.15, -0.1) is 0 Å². The van der Waals surface area contributed by atoms with E-state index in [1.807, 2.05) is 30.3 Å². The number of alkyl halides is 3. The third-order valence-electron chi connectivity index (χ3n) is 4.27. The van der Waals surface area contributed by atoms with Gasteiger partial charge in [-0.1, -0.05) is 42.5 Å². The number of carbonyl (C=O) groups excluding carboxylic acids is 1. The molecule has 2 aromatic carbocycles. The lowest BCUT2D eigenvalue weighted by atomic mass is 10.1. The van der Waals surface area contributed by atoms with Crippen molar-refractivity contribution in [2.45, 2.75) is 24.9 Å². The Balaban J connectivity index is 2.03. The van der Waals surface area contributed by atoms with Gasteiger partial charge in [0.15, 0.2) is 9.84 Å². The molecule has 8 heteroatoms. The normalized spacial score (nSPS) is 13.2. The number of rotatable bonds is 6. The molecule has 0 radical (unpaired) electrons. The van der Waals surface area contributed by atoms with E-state index < -0.39 is 39.0 Å². The monoisotopic (exact) mass is 399 g/mol. The number of hydrogen-bond acceptors (Lipinski definition) is 3. The topological polar surface area (TPSA) is 54.5 Å². The van der Waals surface area contributed by atoms with Crippen LogP contribution in [0.5, 0.6) is 0 Å². The summed E-state index contributed by atoms with van der Waals surface area (Å²) in [6.07, 6.45) is -4.48. The lowest BCUT2D eigenvalue weighted by Crippen LogP contribution is -2.34. The molecule has 0 bridgehead atoms. The summed E-state index contributed by atoms with van der Waals surface area (Å²) in [6, 6.07) is 12.7. The third kappa shape index (κ3) is 5.82. The average molecular weight is 399 g/mol. The summed E-state index contributed by atoms with van der Waals surface area (Å²) in [5.74, 6) is -1.77. The van der Waals surface area contributed by atoms with Crippen LogP contribution in [-0.4, -0.2) is 32.0 Å². The lowest BCUT2D eigenvalue weighted by Gasteiger charge is -2.25. The summed E-state index contributed by atoms with van der Waals surface area (Å²) < 4.78 is 62.3. The predicted octanol–water partition coefficient (Wildman–Crippen LogP) is 3.84. The van der Waals surface area contributed by atoms with E-state index in [4.69, 9.17) is 0 Å². The standard InChI is InChI=1S/C19H20F3NO3S/c1-14(16-6-4-3-5-7-16)23(2)18(24)13-27(25,26)12-15-8-10-17(11-9-15)19(20,21)22/h3-11,14H,12-13H2,1-2H3. The van der Waals surface area contributed by atoms with Crippen molar-refractivity contribution in [1.29, 1.82) is 0 Å². The molecule has 4 nitrogen and oxygen atoms in total. The molecule has 0 heterocycles. The van der Waals surface area contributed by atoms with E-state index in [0.29, 0.717) is 0 Å². The Morgan fingerprint density at radius 3 is 2.11 bits per heavy atom. The molecule has 1 atom stereocenters. The van der Waals surface area contributed by atoms with Crippen LogP contribution in [0.25, 0.3) is 0 Å². The number of hydrogen-bond donors (Lipinski definition) is 0. The van der Waals surface area contributed by atoms with Crippen molar-refractivity contribution < 1.29 is 26.4 Å². The molecule has 0 aliphatic heterocycles. The van der Waals surface area contributed by atoms with E-state index >= 15 is 0 Å². The molecule has 0 saturated heterocycles. The Morgan fingerprint density at radius 2 is 1.59 bits per heavy atom. The van der Waals surface area contributed by atoms with Gasteiger partial charge in [0.1, 0.15) is 5.75 Å². The van der Waals surface area contributed by atoms with Gasteiger partial charge in [-0.05, 0) is 30.2 Å². The molecule has 1 amide bonds. The van der Waals surface area contributed by atoms with Crippen LogP contribution in [-0.2, 0) is 26.6 Å². The van der Waals surface area contributed by atoms with Gasteiger partial charge >= 0.3 is 6.18 Å². The molecule has 0 aliphatic rings. The van der Waals surface area contributed by atoms with Crippen molar-refractivity contribution in [2.75, 3.05) is 12.8 Å². The van der Waals surface area contributed by atoms with Crippen LogP contribution in [0.15, 0.2) is 54.6 Å². The van der Waals surface area contributed by atoms with Gasteiger partial charge in [-0.25, -0.2) is 8.42 Å². The fourth-order valence-electron chi connectivity index (χ4n) is 2.56. The fourth-order valence-corrected chi connectivity index (χ4v) is 3.94. The van der Waals surface area contributed by atoms with Gasteiger partial charge < -0.3 is 4.90 Å². The number of nitrogens with zero attached hydrogens (tertiary/aromatic N) is 1. The number of sulfone groups is 1. The maximum absolute atomic E-state index is 12.6. The van der Waals surface area contributed by atoms with E-state index in [-0.39, 0.29) is 11.6 Å². The van der Waals surface area contributed by atoms with Crippen LogP contribution in [0.2, 0.25) is 0 Å². The highest BCUT2D eigenvalue weighted by molar-refractivity contribution is 7.91. The van der Waals surface area contributed by atoms with Crippen molar-refractivity contribution in [2.24, 2.45) is 0 Å². The van der Waals surface area contributed by atoms with Crippen molar-refractivity contribution >= 4 is 15.7 Å². The van der Waals surface area contributed by atoms with Crippen LogP contribution >= 0.6 is 0 Å². The highest BCUT2D eigenvalue weighted by atomic mass is 32.2. The first kappa shape index (κ1) is 21.0. The minimum atomic E-state index is -4.48. The minimum Gasteiger partial charge on any atom is -0.338 e. The summed E-state index contributed by atoms with van der Waals surface area (Å²) in [4.78, 5) is 13.7. The highest BCUT2D eigenvalue weighted by Crippen LogP contribution is 2.29. The Morgan fingerprint density at radius 1 is 1.04 bits per heavy atom. The van der Waals surface area contributed by atoms with Crippen LogP contribution in [0.3, 0.4) is 0 Å². The Bertz CT molecular complexity index is 879. The summed E-state index contributed by atoms with van der Waals surface area (Å²) in [7, 11) is -2.29. The molecule has 0 saturated carbocycles. The van der Waals surface area contributed by atoms with Crippen molar-refractivity contribution in [1.82, 2.24) is 4.90 Å². The summed E-state index contributed by atoms with van der Waals surface area (Å²) >= 11 is 0. The van der Waals surface area contributed by atoms with Crippen LogP contribution in [0.4, 0.5) is 13.2 Å². The van der Waals surface area contributed by atoms with Crippen LogP contribution < -0.4 is 0 Å². The van der Waals surface area contributed by atoms with Gasteiger partial charge in [0.2, 0.25) is 5.91 Å². The molecule has 146 valence electrons. The predicted molar refractivity (Wildman–Crippen MR) is 96.6 cm³/mol. The smallest absolute Gasteiger partial charge is 0.338 e. The van der Waals surface area contributed by atoms with Gasteiger partial charge in [-0.3, -0.25) is 4.79 Å². The Hall–Kier alpha value is -2.35. The molecule has 0 N–H and O–H groups in total. The minimum absolute atomic E-state index is 0.203. The Labute approximate surface area is 156 Å². The summed E-state index contributed by atoms with van der Waals surface area (Å²) in [5, 5.41) is 0. The zero-order valence-corrected chi connectivity index (χ0v) is 15.7. The van der Waals surface area contributed by atoms with Gasteiger partial charge in [0.05, 0.1) is 17.4 Å². The fraction of sp³-hybridized carbons (Fsp3) is 0.316. The first-order chi connectivity index (χ1) is 12.5. The molecule has 27 heavy (non-hydrogen) atoms. The van der Waals surface area contributed by atoms with Crippen molar-refractivity contribution in [3.8, 4) is 0 Å². The molecular weight excluding hydrogens is 379 g/mol. The zero-order chi connectivity index (χ0) is 20.2. The van der Waals surface area contributed by atoms with Gasteiger partial charge in [0, 0.05) is 7.05 Å². The molecule has 1 unspecified atom stereocenters. The largest absolute Gasteiger partial charge is 0.416 e. The van der Waals surface area contributed by atoms with E-state index in [1.54, 1.807) is 6.92 Å². The lowest BCUT2D eigenvalue weighted by molar-refractivity contribution is -0.137. The first-order valence-electron chi connectivity index (χ1n) is 8.17.